The summed E-state index contributed by atoms with van der Waals surface area (Å²) in [5.74, 6) is 1.18. The number of hydrogen-bond donors (Lipinski definition) is 0. The Morgan fingerprint density at radius 2 is 2.43 bits per heavy atom. The molecule has 1 aromatic rings. The highest BCUT2D eigenvalue weighted by atomic mass is 32.2. The summed E-state index contributed by atoms with van der Waals surface area (Å²) in [7, 11) is 1.40. The summed E-state index contributed by atoms with van der Waals surface area (Å²) < 4.78 is 9.58. The molecule has 1 heterocycles. The number of carbonyl (C=O) groups excluding carboxylic acids is 1. The van der Waals surface area contributed by atoms with Gasteiger partial charge in [-0.3, -0.25) is 4.79 Å². The van der Waals surface area contributed by atoms with E-state index in [1.807, 2.05) is 13.8 Å². The minimum atomic E-state index is -0.182. The lowest BCUT2D eigenvalue weighted by Gasteiger charge is -2.05. The van der Waals surface area contributed by atoms with Crippen LogP contribution in [0.4, 0.5) is 0 Å². The van der Waals surface area contributed by atoms with Gasteiger partial charge in [0.05, 0.1) is 13.0 Å². The monoisotopic (exact) mass is 232 g/mol. The lowest BCUT2D eigenvalue weighted by atomic mass is 10.2. The van der Waals surface area contributed by atoms with Crippen molar-refractivity contribution in [1.82, 2.24) is 9.36 Å². The van der Waals surface area contributed by atoms with Crippen LogP contribution in [-0.2, 0) is 9.53 Å². The van der Waals surface area contributed by atoms with Crippen molar-refractivity contribution < 1.29 is 9.53 Å². The van der Waals surface area contributed by atoms with Crippen LogP contribution in [0.15, 0.2) is 4.34 Å². The van der Waals surface area contributed by atoms with E-state index in [4.69, 9.17) is 0 Å². The van der Waals surface area contributed by atoms with E-state index in [0.29, 0.717) is 5.75 Å². The Labute approximate surface area is 91.2 Å². The van der Waals surface area contributed by atoms with Gasteiger partial charge in [-0.25, -0.2) is 4.98 Å². The van der Waals surface area contributed by atoms with Crippen molar-refractivity contribution in [1.29, 1.82) is 0 Å². The molecular weight excluding hydrogens is 220 g/mol. The topological polar surface area (TPSA) is 52.1 Å². The molecule has 0 saturated heterocycles. The highest BCUT2D eigenvalue weighted by Gasteiger charge is 2.14. The summed E-state index contributed by atoms with van der Waals surface area (Å²) in [6, 6.07) is 0. The van der Waals surface area contributed by atoms with E-state index >= 15 is 0 Å². The number of ether oxygens (including phenoxy) is 1. The van der Waals surface area contributed by atoms with Crippen LogP contribution in [0.5, 0.6) is 0 Å². The van der Waals surface area contributed by atoms with E-state index in [1.165, 1.54) is 30.4 Å². The number of aryl methyl sites for hydroxylation is 1. The predicted octanol–water partition coefficient (Wildman–Crippen LogP) is 1.75. The number of carbonyl (C=O) groups is 1. The fourth-order valence-corrected chi connectivity index (χ4v) is 2.48. The molecule has 6 heteroatoms. The minimum absolute atomic E-state index is 0.103. The summed E-state index contributed by atoms with van der Waals surface area (Å²) in [5.41, 5.74) is 0. The van der Waals surface area contributed by atoms with Crippen LogP contribution in [0, 0.1) is 12.8 Å². The SMILES string of the molecule is COC(=O)C(C)CSc1nc(C)ns1. The van der Waals surface area contributed by atoms with Crippen molar-refractivity contribution >= 4 is 29.3 Å². The second-order valence-electron chi connectivity index (χ2n) is 2.84. The Bertz CT molecular complexity index is 314. The molecule has 1 unspecified atom stereocenters. The Morgan fingerprint density at radius 3 is 2.93 bits per heavy atom. The van der Waals surface area contributed by atoms with E-state index in [1.54, 1.807) is 0 Å². The van der Waals surface area contributed by atoms with Gasteiger partial charge < -0.3 is 4.74 Å². The molecule has 0 aliphatic rings. The molecule has 0 aromatic carbocycles. The normalized spacial score (nSPS) is 12.5. The maximum Gasteiger partial charge on any atom is 0.309 e. The molecule has 14 heavy (non-hydrogen) atoms. The molecule has 1 atom stereocenters. The summed E-state index contributed by atoms with van der Waals surface area (Å²) >= 11 is 2.90. The van der Waals surface area contributed by atoms with Crippen molar-refractivity contribution in [2.24, 2.45) is 5.92 Å². The number of aromatic nitrogens is 2. The van der Waals surface area contributed by atoms with Gasteiger partial charge in [-0.2, -0.15) is 4.37 Å². The fourth-order valence-electron chi connectivity index (χ4n) is 0.802. The molecule has 0 amide bonds. The van der Waals surface area contributed by atoms with E-state index < -0.39 is 0 Å². The molecule has 0 aliphatic carbocycles. The van der Waals surface area contributed by atoms with Crippen LogP contribution in [-0.4, -0.2) is 28.2 Å². The maximum atomic E-state index is 11.1. The predicted molar refractivity (Wildman–Crippen MR) is 56.6 cm³/mol. The summed E-state index contributed by atoms with van der Waals surface area (Å²) in [4.78, 5) is 15.3. The number of methoxy groups -OCH3 is 1. The van der Waals surface area contributed by atoms with Crippen LogP contribution in [0.25, 0.3) is 0 Å². The largest absolute Gasteiger partial charge is 0.469 e. The first-order chi connectivity index (χ1) is 6.63. The van der Waals surface area contributed by atoms with Crippen LogP contribution in [0.1, 0.15) is 12.7 Å². The van der Waals surface area contributed by atoms with E-state index in [2.05, 4.69) is 14.1 Å². The van der Waals surface area contributed by atoms with Crippen LogP contribution in [0.2, 0.25) is 0 Å². The van der Waals surface area contributed by atoms with Gasteiger partial charge >= 0.3 is 5.97 Å². The highest BCUT2D eigenvalue weighted by molar-refractivity contribution is 8.00. The molecular formula is C8H12N2O2S2. The second-order valence-corrected chi connectivity index (χ2v) is 4.86. The number of hydrogen-bond acceptors (Lipinski definition) is 6. The highest BCUT2D eigenvalue weighted by Crippen LogP contribution is 2.22. The van der Waals surface area contributed by atoms with Gasteiger partial charge in [-0.05, 0) is 18.5 Å². The van der Waals surface area contributed by atoms with Crippen molar-refractivity contribution in [2.45, 2.75) is 18.2 Å². The van der Waals surface area contributed by atoms with Gasteiger partial charge in [0.15, 0.2) is 4.34 Å². The molecule has 0 saturated carbocycles. The molecule has 1 aromatic heterocycles. The third-order valence-corrected chi connectivity index (χ3v) is 3.75. The van der Waals surface area contributed by atoms with Gasteiger partial charge in [-0.15, -0.1) is 0 Å². The molecule has 0 N–H and O–H groups in total. The van der Waals surface area contributed by atoms with Crippen molar-refractivity contribution in [3.05, 3.63) is 5.82 Å². The van der Waals surface area contributed by atoms with Crippen LogP contribution >= 0.6 is 23.3 Å². The average molecular weight is 232 g/mol. The lowest BCUT2D eigenvalue weighted by molar-refractivity contribution is -0.143. The first kappa shape index (κ1) is 11.5. The molecule has 0 radical (unpaired) electrons. The quantitative estimate of drug-likeness (QED) is 0.584. The first-order valence-corrected chi connectivity index (χ1v) is 5.90. The Morgan fingerprint density at radius 1 is 1.71 bits per heavy atom. The smallest absolute Gasteiger partial charge is 0.309 e. The van der Waals surface area contributed by atoms with Gasteiger partial charge in [0.2, 0.25) is 0 Å². The standard InChI is InChI=1S/C8H12N2O2S2/c1-5(7(11)12-3)4-13-8-9-6(2)10-14-8/h5H,4H2,1-3H3. The zero-order valence-electron chi connectivity index (χ0n) is 8.31. The summed E-state index contributed by atoms with van der Waals surface area (Å²) in [6.45, 7) is 3.69. The zero-order chi connectivity index (χ0) is 10.6. The van der Waals surface area contributed by atoms with Crippen LogP contribution < -0.4 is 0 Å². The fraction of sp³-hybridized carbons (Fsp3) is 0.625. The molecule has 0 fully saturated rings. The van der Waals surface area contributed by atoms with Crippen LogP contribution in [0.3, 0.4) is 0 Å². The number of thioether (sulfide) groups is 1. The average Bonchev–Trinajstić information content (AvgIpc) is 2.59. The Hall–Kier alpha value is -0.620. The molecule has 0 spiro atoms. The summed E-state index contributed by atoms with van der Waals surface area (Å²) in [5, 5.41) is 0. The summed E-state index contributed by atoms with van der Waals surface area (Å²) in [6.07, 6.45) is 0. The van der Waals surface area contributed by atoms with E-state index in [-0.39, 0.29) is 11.9 Å². The maximum absolute atomic E-state index is 11.1. The van der Waals surface area contributed by atoms with Gasteiger partial charge in [0.25, 0.3) is 0 Å². The van der Waals surface area contributed by atoms with E-state index in [9.17, 15) is 4.79 Å². The lowest BCUT2D eigenvalue weighted by Crippen LogP contribution is -2.14. The molecule has 1 rings (SSSR count). The van der Waals surface area contributed by atoms with E-state index in [0.717, 1.165) is 10.2 Å². The molecule has 4 nitrogen and oxygen atoms in total. The molecule has 78 valence electrons. The zero-order valence-corrected chi connectivity index (χ0v) is 9.94. The van der Waals surface area contributed by atoms with Gasteiger partial charge in [0, 0.05) is 5.75 Å². The number of nitrogens with zero attached hydrogens (tertiary/aromatic N) is 2. The van der Waals surface area contributed by atoms with Gasteiger partial charge in [-0.1, -0.05) is 18.7 Å². The Kier molecular flexibility index (Phi) is 4.34. The number of esters is 1. The van der Waals surface area contributed by atoms with Crippen molar-refractivity contribution in [3.63, 3.8) is 0 Å². The Balaban J connectivity index is 2.37. The molecule has 0 bridgehead atoms. The third kappa shape index (κ3) is 3.26. The molecule has 0 aliphatic heterocycles. The van der Waals surface area contributed by atoms with Gasteiger partial charge in [0.1, 0.15) is 5.82 Å². The number of rotatable bonds is 4. The second kappa shape index (κ2) is 5.31. The minimum Gasteiger partial charge on any atom is -0.469 e. The third-order valence-electron chi connectivity index (χ3n) is 1.57. The van der Waals surface area contributed by atoms with Crippen molar-refractivity contribution in [3.8, 4) is 0 Å². The first-order valence-electron chi connectivity index (χ1n) is 4.14. The van der Waals surface area contributed by atoms with Crippen molar-refractivity contribution in [2.75, 3.05) is 12.9 Å².